The van der Waals surface area contributed by atoms with Crippen LogP contribution in [0, 0.1) is 5.41 Å². The molecule has 39 heavy (non-hydrogen) atoms. The topological polar surface area (TPSA) is 63.7 Å². The number of benzene rings is 4. The summed E-state index contributed by atoms with van der Waals surface area (Å²) >= 11 is 0. The van der Waals surface area contributed by atoms with E-state index in [2.05, 4.69) is 0 Å². The first-order valence-electron chi connectivity index (χ1n) is 13.0. The number of methoxy groups -OCH3 is 1. The summed E-state index contributed by atoms with van der Waals surface area (Å²) in [6, 6.07) is 30.0. The maximum atomic E-state index is 14.6. The van der Waals surface area contributed by atoms with Crippen LogP contribution in [0.25, 0.3) is 6.08 Å². The van der Waals surface area contributed by atoms with Crippen LogP contribution in [-0.4, -0.2) is 36.5 Å². The van der Waals surface area contributed by atoms with E-state index in [9.17, 15) is 14.4 Å². The van der Waals surface area contributed by atoms with E-state index in [0.29, 0.717) is 22.4 Å². The Morgan fingerprint density at radius 3 is 2.18 bits per heavy atom. The van der Waals surface area contributed by atoms with Crippen LogP contribution >= 0.6 is 0 Å². The molecule has 3 atom stereocenters. The number of ketones is 3. The van der Waals surface area contributed by atoms with Gasteiger partial charge in [-0.1, -0.05) is 97.1 Å². The number of nitrogens with zero attached hydrogens (tertiary/aromatic N) is 1. The number of ether oxygens (including phenoxy) is 1. The smallest absolute Gasteiger partial charge is 0.185 e. The van der Waals surface area contributed by atoms with E-state index >= 15 is 0 Å². The van der Waals surface area contributed by atoms with Gasteiger partial charge in [-0.25, -0.2) is 0 Å². The fourth-order valence-corrected chi connectivity index (χ4v) is 6.90. The molecule has 0 amide bonds. The molecule has 0 saturated carbocycles. The Hall–Kier alpha value is -4.77. The van der Waals surface area contributed by atoms with E-state index in [-0.39, 0.29) is 17.3 Å². The number of carbonyl (C=O) groups excluding carboxylic acids is 3. The Morgan fingerprint density at radius 2 is 1.46 bits per heavy atom. The molecule has 0 aromatic heterocycles. The van der Waals surface area contributed by atoms with Crippen LogP contribution in [-0.2, 0) is 0 Å². The molecule has 1 saturated heterocycles. The second-order valence-electron chi connectivity index (χ2n) is 10.3. The summed E-state index contributed by atoms with van der Waals surface area (Å²) < 4.78 is 5.55. The second-order valence-corrected chi connectivity index (χ2v) is 10.3. The quantitative estimate of drug-likeness (QED) is 0.248. The average Bonchev–Trinajstić information content (AvgIpc) is 3.43. The SMILES string of the molecule is COc1cccc([C@@H]2[C@H](C(=O)c3ccccc3)N3c4ccccc4C=C[C@@H]3C23C(=O)c2ccccc2C3=O)c1. The highest BCUT2D eigenvalue weighted by molar-refractivity contribution is 6.32. The summed E-state index contributed by atoms with van der Waals surface area (Å²) in [5, 5.41) is 0. The van der Waals surface area contributed by atoms with Crippen LogP contribution < -0.4 is 9.64 Å². The fraction of sp³-hybridized carbons (Fsp3) is 0.147. The largest absolute Gasteiger partial charge is 0.497 e. The van der Waals surface area contributed by atoms with Gasteiger partial charge in [-0.15, -0.1) is 0 Å². The summed E-state index contributed by atoms with van der Waals surface area (Å²) in [5.74, 6) is -0.762. The highest BCUT2D eigenvalue weighted by Gasteiger charge is 2.71. The van der Waals surface area contributed by atoms with E-state index in [4.69, 9.17) is 4.74 Å². The molecular weight excluding hydrogens is 486 g/mol. The van der Waals surface area contributed by atoms with Gasteiger partial charge in [0.05, 0.1) is 13.2 Å². The van der Waals surface area contributed by atoms with Gasteiger partial charge in [0.1, 0.15) is 17.2 Å². The van der Waals surface area contributed by atoms with Crippen molar-refractivity contribution < 1.29 is 19.1 Å². The van der Waals surface area contributed by atoms with Gasteiger partial charge in [0.15, 0.2) is 17.3 Å². The molecule has 0 radical (unpaired) electrons. The van der Waals surface area contributed by atoms with Gasteiger partial charge in [0.2, 0.25) is 0 Å². The Balaban J connectivity index is 1.56. The number of anilines is 1. The van der Waals surface area contributed by atoms with E-state index in [1.54, 1.807) is 43.5 Å². The molecule has 1 spiro atoms. The molecular formula is C34H25NO4. The third kappa shape index (κ3) is 3.10. The van der Waals surface area contributed by atoms with Crippen molar-refractivity contribution in [1.82, 2.24) is 0 Å². The lowest BCUT2D eigenvalue weighted by Crippen LogP contribution is -2.48. The lowest BCUT2D eigenvalue weighted by molar-refractivity contribution is 0.0665. The van der Waals surface area contributed by atoms with Crippen LogP contribution in [0.3, 0.4) is 0 Å². The molecule has 7 rings (SSSR count). The van der Waals surface area contributed by atoms with Gasteiger partial charge < -0.3 is 9.64 Å². The van der Waals surface area contributed by atoms with Crippen LogP contribution in [0.4, 0.5) is 5.69 Å². The van der Waals surface area contributed by atoms with Crippen LogP contribution in [0.5, 0.6) is 5.75 Å². The van der Waals surface area contributed by atoms with Gasteiger partial charge in [-0.3, -0.25) is 14.4 Å². The predicted molar refractivity (Wildman–Crippen MR) is 150 cm³/mol. The fourth-order valence-electron chi connectivity index (χ4n) is 6.90. The first-order valence-corrected chi connectivity index (χ1v) is 13.0. The number of hydrogen-bond acceptors (Lipinski definition) is 5. The van der Waals surface area contributed by atoms with Crippen molar-refractivity contribution in [2.45, 2.75) is 18.0 Å². The molecule has 0 unspecified atom stereocenters. The molecule has 4 aromatic rings. The van der Waals surface area contributed by atoms with Gasteiger partial charge in [0.25, 0.3) is 0 Å². The molecule has 5 heteroatoms. The van der Waals surface area contributed by atoms with Gasteiger partial charge in [-0.2, -0.15) is 0 Å². The summed E-state index contributed by atoms with van der Waals surface area (Å²) in [6.45, 7) is 0. The minimum absolute atomic E-state index is 0.132. The maximum Gasteiger partial charge on any atom is 0.185 e. The molecule has 1 aliphatic carbocycles. The Labute approximate surface area is 226 Å². The van der Waals surface area contributed by atoms with E-state index in [1.165, 1.54) is 0 Å². The molecule has 5 nitrogen and oxygen atoms in total. The van der Waals surface area contributed by atoms with Crippen molar-refractivity contribution in [2.75, 3.05) is 12.0 Å². The normalized spacial score (nSPS) is 22.0. The van der Waals surface area contributed by atoms with Crippen molar-refractivity contribution in [1.29, 1.82) is 0 Å². The van der Waals surface area contributed by atoms with Crippen LogP contribution in [0.15, 0.2) is 109 Å². The van der Waals surface area contributed by atoms with E-state index in [0.717, 1.165) is 16.8 Å². The molecule has 2 heterocycles. The number of carbonyl (C=O) groups is 3. The number of hydrogen-bond donors (Lipinski definition) is 0. The molecule has 2 aliphatic heterocycles. The zero-order chi connectivity index (χ0) is 26.7. The number of rotatable bonds is 4. The highest BCUT2D eigenvalue weighted by atomic mass is 16.5. The molecule has 0 N–H and O–H groups in total. The zero-order valence-electron chi connectivity index (χ0n) is 21.3. The number of fused-ring (bicyclic) bond motifs is 5. The number of para-hydroxylation sites is 1. The zero-order valence-corrected chi connectivity index (χ0v) is 21.3. The first kappa shape index (κ1) is 23.4. The molecule has 4 aromatic carbocycles. The Kier molecular flexibility index (Phi) is 5.17. The Bertz CT molecular complexity index is 1650. The third-order valence-corrected chi connectivity index (χ3v) is 8.49. The molecule has 1 fully saturated rings. The first-order chi connectivity index (χ1) is 19.1. The van der Waals surface area contributed by atoms with Crippen molar-refractivity contribution in [3.05, 3.63) is 137 Å². The summed E-state index contributed by atoms with van der Waals surface area (Å²) in [5.41, 5.74) is 2.34. The lowest BCUT2D eigenvalue weighted by atomic mass is 9.64. The van der Waals surface area contributed by atoms with Crippen molar-refractivity contribution in [3.63, 3.8) is 0 Å². The van der Waals surface area contributed by atoms with Gasteiger partial charge >= 0.3 is 0 Å². The third-order valence-electron chi connectivity index (χ3n) is 8.49. The second kappa shape index (κ2) is 8.63. The van der Waals surface area contributed by atoms with Gasteiger partial charge in [0, 0.05) is 28.3 Å². The standard InChI is InChI=1S/C34H25NO4/c1-39-24-14-9-13-23(20-24)29-30(31(36)22-11-3-2-4-12-22)35-27-17-8-5-10-21(27)18-19-28(35)34(29)32(37)25-15-6-7-16-26(25)33(34)38/h2-20,28-30H,1H3/t28-,29-,30-/m1/s1. The predicted octanol–water partition coefficient (Wildman–Crippen LogP) is 6.01. The average molecular weight is 512 g/mol. The number of Topliss-reactive ketones (excluding diaryl/α,β-unsaturated/α-hetero) is 3. The monoisotopic (exact) mass is 511 g/mol. The van der Waals surface area contributed by atoms with E-state index < -0.39 is 23.4 Å². The van der Waals surface area contributed by atoms with Crippen molar-refractivity contribution in [2.24, 2.45) is 5.41 Å². The van der Waals surface area contributed by atoms with E-state index in [1.807, 2.05) is 83.8 Å². The van der Waals surface area contributed by atoms with Crippen molar-refractivity contribution >= 4 is 29.1 Å². The van der Waals surface area contributed by atoms with Crippen LogP contribution in [0.2, 0.25) is 0 Å². The molecule has 3 aliphatic rings. The maximum absolute atomic E-state index is 14.6. The Morgan fingerprint density at radius 1 is 0.795 bits per heavy atom. The summed E-state index contributed by atoms with van der Waals surface area (Å²) in [7, 11) is 1.58. The minimum Gasteiger partial charge on any atom is -0.497 e. The van der Waals surface area contributed by atoms with Crippen molar-refractivity contribution in [3.8, 4) is 5.75 Å². The lowest BCUT2D eigenvalue weighted by Gasteiger charge is -2.37. The summed E-state index contributed by atoms with van der Waals surface area (Å²) in [4.78, 5) is 45.8. The van der Waals surface area contributed by atoms with Gasteiger partial charge in [-0.05, 0) is 29.3 Å². The van der Waals surface area contributed by atoms with Crippen LogP contribution in [0.1, 0.15) is 48.1 Å². The minimum atomic E-state index is -1.52. The summed E-state index contributed by atoms with van der Waals surface area (Å²) in [6.07, 6.45) is 3.91. The highest BCUT2D eigenvalue weighted by Crippen LogP contribution is 2.61. The molecule has 0 bridgehead atoms. The molecule has 190 valence electrons.